The Morgan fingerprint density at radius 3 is 2.19 bits per heavy atom. The Morgan fingerprint density at radius 2 is 1.81 bits per heavy atom. The SMILES string of the molecule is CCC(C)(C)C1CCC(NCC(F)(F)F)(C(=O)OC)CC1. The summed E-state index contributed by atoms with van der Waals surface area (Å²) in [4.78, 5) is 12.0. The van der Waals surface area contributed by atoms with E-state index >= 15 is 0 Å². The van der Waals surface area contributed by atoms with Crippen LogP contribution in [0.2, 0.25) is 0 Å². The van der Waals surface area contributed by atoms with Crippen molar-refractivity contribution in [2.75, 3.05) is 13.7 Å². The molecule has 0 unspecified atom stereocenters. The van der Waals surface area contributed by atoms with Crippen molar-refractivity contribution in [3.63, 3.8) is 0 Å². The Kier molecular flexibility index (Phi) is 5.69. The van der Waals surface area contributed by atoms with Crippen LogP contribution < -0.4 is 5.32 Å². The molecule has 1 fully saturated rings. The summed E-state index contributed by atoms with van der Waals surface area (Å²) >= 11 is 0. The predicted molar refractivity (Wildman–Crippen MR) is 74.8 cm³/mol. The smallest absolute Gasteiger partial charge is 0.401 e. The van der Waals surface area contributed by atoms with Gasteiger partial charge in [-0.05, 0) is 37.0 Å². The van der Waals surface area contributed by atoms with Crippen LogP contribution in [0.25, 0.3) is 0 Å². The lowest BCUT2D eigenvalue weighted by Crippen LogP contribution is -2.57. The molecule has 0 aromatic heterocycles. The van der Waals surface area contributed by atoms with Gasteiger partial charge in [0.25, 0.3) is 0 Å². The molecule has 0 aliphatic heterocycles. The van der Waals surface area contributed by atoms with E-state index in [1.54, 1.807) is 0 Å². The van der Waals surface area contributed by atoms with E-state index in [2.05, 4.69) is 26.1 Å². The van der Waals surface area contributed by atoms with Gasteiger partial charge in [0.05, 0.1) is 13.7 Å². The number of rotatable bonds is 5. The van der Waals surface area contributed by atoms with E-state index in [-0.39, 0.29) is 5.41 Å². The molecule has 3 nitrogen and oxygen atoms in total. The first-order valence-corrected chi connectivity index (χ1v) is 7.46. The van der Waals surface area contributed by atoms with Gasteiger partial charge in [0.1, 0.15) is 5.54 Å². The molecule has 1 aliphatic rings. The quantitative estimate of drug-likeness (QED) is 0.787. The van der Waals surface area contributed by atoms with Crippen LogP contribution in [0, 0.1) is 11.3 Å². The Bertz CT molecular complexity index is 358. The standard InChI is InChI=1S/C15H26F3NO2/c1-5-13(2,3)11-6-8-14(9-7-11,12(20)21-4)19-10-15(16,17)18/h11,19H,5-10H2,1-4H3. The van der Waals surface area contributed by atoms with E-state index in [1.165, 1.54) is 7.11 Å². The highest BCUT2D eigenvalue weighted by Crippen LogP contribution is 2.43. The van der Waals surface area contributed by atoms with Crippen molar-refractivity contribution in [3.05, 3.63) is 0 Å². The number of carbonyl (C=O) groups excluding carboxylic acids is 1. The number of alkyl halides is 3. The second-order valence-corrected chi connectivity index (χ2v) is 6.66. The first-order chi connectivity index (χ1) is 9.56. The summed E-state index contributed by atoms with van der Waals surface area (Å²) in [6, 6.07) is 0. The Labute approximate surface area is 124 Å². The molecule has 1 rings (SSSR count). The van der Waals surface area contributed by atoms with Crippen LogP contribution in [0.5, 0.6) is 0 Å². The predicted octanol–water partition coefficient (Wildman–Crippen LogP) is 3.68. The first-order valence-electron chi connectivity index (χ1n) is 7.46. The molecule has 0 aromatic rings. The minimum absolute atomic E-state index is 0.145. The lowest BCUT2D eigenvalue weighted by atomic mass is 9.65. The van der Waals surface area contributed by atoms with E-state index in [0.717, 1.165) is 19.3 Å². The van der Waals surface area contributed by atoms with Crippen LogP contribution in [-0.2, 0) is 9.53 Å². The molecule has 0 bridgehead atoms. The molecule has 0 atom stereocenters. The van der Waals surface area contributed by atoms with Gasteiger partial charge in [-0.15, -0.1) is 0 Å². The third kappa shape index (κ3) is 4.59. The molecule has 0 heterocycles. The largest absolute Gasteiger partial charge is 0.468 e. The van der Waals surface area contributed by atoms with Crippen molar-refractivity contribution in [2.24, 2.45) is 11.3 Å². The van der Waals surface area contributed by atoms with Crippen LogP contribution >= 0.6 is 0 Å². The fraction of sp³-hybridized carbons (Fsp3) is 0.933. The van der Waals surface area contributed by atoms with Crippen molar-refractivity contribution in [1.29, 1.82) is 0 Å². The molecule has 6 heteroatoms. The highest BCUT2D eigenvalue weighted by molar-refractivity contribution is 5.80. The fourth-order valence-corrected chi connectivity index (χ4v) is 3.10. The summed E-state index contributed by atoms with van der Waals surface area (Å²) in [5.74, 6) is -0.160. The topological polar surface area (TPSA) is 38.3 Å². The Morgan fingerprint density at radius 1 is 1.29 bits per heavy atom. The van der Waals surface area contributed by atoms with Crippen molar-refractivity contribution >= 4 is 5.97 Å². The minimum Gasteiger partial charge on any atom is -0.468 e. The van der Waals surface area contributed by atoms with E-state index in [9.17, 15) is 18.0 Å². The molecule has 1 saturated carbocycles. The minimum atomic E-state index is -4.33. The maximum absolute atomic E-state index is 12.5. The molecule has 124 valence electrons. The van der Waals surface area contributed by atoms with Crippen LogP contribution in [0.3, 0.4) is 0 Å². The van der Waals surface area contributed by atoms with E-state index < -0.39 is 24.2 Å². The second-order valence-electron chi connectivity index (χ2n) is 6.66. The number of nitrogens with one attached hydrogen (secondary N) is 1. The van der Waals surface area contributed by atoms with Crippen molar-refractivity contribution in [2.45, 2.75) is 64.6 Å². The zero-order valence-electron chi connectivity index (χ0n) is 13.3. The normalized spacial score (nSPS) is 27.5. The number of methoxy groups -OCH3 is 1. The van der Waals surface area contributed by atoms with Gasteiger partial charge in [0.2, 0.25) is 0 Å². The number of ether oxygens (including phenoxy) is 1. The van der Waals surface area contributed by atoms with Crippen LogP contribution in [-0.4, -0.2) is 31.3 Å². The van der Waals surface area contributed by atoms with Crippen LogP contribution in [0.15, 0.2) is 0 Å². The molecule has 0 spiro atoms. The number of hydrogen-bond donors (Lipinski definition) is 1. The van der Waals surface area contributed by atoms with Crippen LogP contribution in [0.1, 0.15) is 52.9 Å². The molecular formula is C15H26F3NO2. The van der Waals surface area contributed by atoms with Crippen molar-refractivity contribution in [1.82, 2.24) is 5.32 Å². The summed E-state index contributed by atoms with van der Waals surface area (Å²) < 4.78 is 42.1. The zero-order chi connectivity index (χ0) is 16.3. The van der Waals surface area contributed by atoms with E-state index in [1.807, 2.05) is 0 Å². The third-order valence-corrected chi connectivity index (χ3v) is 5.06. The Balaban J connectivity index is 2.78. The molecular weight excluding hydrogens is 283 g/mol. The molecule has 0 aromatic carbocycles. The third-order valence-electron chi connectivity index (χ3n) is 5.06. The lowest BCUT2D eigenvalue weighted by molar-refractivity contribution is -0.156. The van der Waals surface area contributed by atoms with Gasteiger partial charge in [0.15, 0.2) is 0 Å². The van der Waals surface area contributed by atoms with Gasteiger partial charge in [-0.2, -0.15) is 13.2 Å². The molecule has 21 heavy (non-hydrogen) atoms. The molecule has 0 radical (unpaired) electrons. The van der Waals surface area contributed by atoms with Crippen molar-refractivity contribution < 1.29 is 22.7 Å². The average Bonchev–Trinajstić information content (AvgIpc) is 2.44. The highest BCUT2D eigenvalue weighted by atomic mass is 19.4. The monoisotopic (exact) mass is 309 g/mol. The van der Waals surface area contributed by atoms with Gasteiger partial charge in [-0.25, -0.2) is 0 Å². The summed E-state index contributed by atoms with van der Waals surface area (Å²) in [6.07, 6.45) is -1.06. The van der Waals surface area contributed by atoms with Gasteiger partial charge >= 0.3 is 12.1 Å². The van der Waals surface area contributed by atoms with Gasteiger partial charge in [-0.3, -0.25) is 10.1 Å². The maximum Gasteiger partial charge on any atom is 0.401 e. The molecule has 0 saturated heterocycles. The second kappa shape index (κ2) is 6.55. The number of carbonyl (C=O) groups is 1. The maximum atomic E-state index is 12.5. The first kappa shape index (κ1) is 18.3. The molecule has 1 N–H and O–H groups in total. The lowest BCUT2D eigenvalue weighted by Gasteiger charge is -2.44. The van der Waals surface area contributed by atoms with Crippen LogP contribution in [0.4, 0.5) is 13.2 Å². The highest BCUT2D eigenvalue weighted by Gasteiger charge is 2.46. The zero-order valence-corrected chi connectivity index (χ0v) is 13.3. The summed E-state index contributed by atoms with van der Waals surface area (Å²) in [6.45, 7) is 5.30. The van der Waals surface area contributed by atoms with Gasteiger partial charge in [0, 0.05) is 0 Å². The van der Waals surface area contributed by atoms with Crippen molar-refractivity contribution in [3.8, 4) is 0 Å². The molecule has 0 amide bonds. The summed E-state index contributed by atoms with van der Waals surface area (Å²) in [7, 11) is 1.22. The Hall–Kier alpha value is -0.780. The fourth-order valence-electron chi connectivity index (χ4n) is 3.10. The van der Waals surface area contributed by atoms with E-state index in [4.69, 9.17) is 4.74 Å². The summed E-state index contributed by atoms with van der Waals surface area (Å²) in [5.41, 5.74) is -1.04. The number of halogens is 3. The van der Waals surface area contributed by atoms with Gasteiger partial charge in [-0.1, -0.05) is 27.2 Å². The average molecular weight is 309 g/mol. The number of esters is 1. The van der Waals surface area contributed by atoms with Gasteiger partial charge < -0.3 is 4.74 Å². The molecule has 1 aliphatic carbocycles. The summed E-state index contributed by atoms with van der Waals surface area (Å²) in [5, 5.41) is 2.42. The van der Waals surface area contributed by atoms with E-state index in [0.29, 0.717) is 18.8 Å². The number of hydrogen-bond acceptors (Lipinski definition) is 3.